The highest BCUT2D eigenvalue weighted by Crippen LogP contribution is 2.63. The highest BCUT2D eigenvalue weighted by molar-refractivity contribution is 6.14. The average Bonchev–Trinajstić information content (AvgIpc) is 3.99. The second-order valence-electron chi connectivity index (χ2n) is 18.7. The first-order chi connectivity index (χ1) is 33.0. The highest BCUT2D eigenvalue weighted by Gasteiger charge is 2.51. The summed E-state index contributed by atoms with van der Waals surface area (Å²) in [5.74, 6) is 1.75. The van der Waals surface area contributed by atoms with Gasteiger partial charge in [0.1, 0.15) is 22.7 Å². The van der Waals surface area contributed by atoms with Gasteiger partial charge < -0.3 is 14.1 Å². The Bertz CT molecular complexity index is 3790. The van der Waals surface area contributed by atoms with Crippen molar-refractivity contribution in [2.75, 3.05) is 4.90 Å². The molecule has 1 spiro atoms. The molecule has 0 bridgehead atoms. The molecular formula is C64H43NO2. The summed E-state index contributed by atoms with van der Waals surface area (Å²) in [6.07, 6.45) is 0. The molecule has 0 saturated carbocycles. The van der Waals surface area contributed by atoms with Crippen LogP contribution in [0.25, 0.3) is 66.4 Å². The first-order valence-corrected chi connectivity index (χ1v) is 23.2. The third kappa shape index (κ3) is 5.28. The SMILES string of the molecule is CC1(C)c2ccccc2-c2ccc(N(c3ccc(-c4cccc5oc6ccccc6c45)c(-c4ccccc4)c3)c3ccc4c(c3)C3(c5ccccc5O4)c4ccccc4-c4ccccc43)cc21. The predicted octanol–water partition coefficient (Wildman–Crippen LogP) is 17.2. The molecule has 14 rings (SSSR count). The van der Waals surface area contributed by atoms with Crippen LogP contribution in [-0.4, -0.2) is 0 Å². The molecule has 11 aromatic rings. The summed E-state index contributed by atoms with van der Waals surface area (Å²) >= 11 is 0. The highest BCUT2D eigenvalue weighted by atomic mass is 16.5. The fourth-order valence-electron chi connectivity index (χ4n) is 12.0. The van der Waals surface area contributed by atoms with E-state index in [9.17, 15) is 0 Å². The zero-order chi connectivity index (χ0) is 44.4. The van der Waals surface area contributed by atoms with Crippen LogP contribution in [0.4, 0.5) is 17.1 Å². The van der Waals surface area contributed by atoms with Gasteiger partial charge in [-0.15, -0.1) is 0 Å². The topological polar surface area (TPSA) is 25.6 Å². The van der Waals surface area contributed by atoms with E-state index in [2.05, 4.69) is 237 Å². The lowest BCUT2D eigenvalue weighted by Gasteiger charge is -2.40. The Morgan fingerprint density at radius 3 is 1.63 bits per heavy atom. The molecule has 0 atom stereocenters. The number of benzene rings is 10. The van der Waals surface area contributed by atoms with Crippen LogP contribution >= 0.6 is 0 Å². The fraction of sp³-hybridized carbons (Fsp3) is 0.0625. The second kappa shape index (κ2) is 14.1. The lowest BCUT2D eigenvalue weighted by molar-refractivity contribution is 0.436. The number of fused-ring (bicyclic) bond motifs is 15. The van der Waals surface area contributed by atoms with E-state index >= 15 is 0 Å². The molecule has 1 aromatic heterocycles. The second-order valence-corrected chi connectivity index (χ2v) is 18.7. The van der Waals surface area contributed by atoms with E-state index in [-0.39, 0.29) is 5.41 Å². The van der Waals surface area contributed by atoms with Crippen LogP contribution in [-0.2, 0) is 10.8 Å². The molecule has 1 aliphatic heterocycles. The Kier molecular flexibility index (Phi) is 7.95. The first-order valence-electron chi connectivity index (χ1n) is 23.2. The van der Waals surface area contributed by atoms with E-state index < -0.39 is 5.41 Å². The minimum atomic E-state index is -0.605. The van der Waals surface area contributed by atoms with Gasteiger partial charge in [0.05, 0.1) is 5.41 Å². The monoisotopic (exact) mass is 857 g/mol. The molecule has 3 aliphatic rings. The van der Waals surface area contributed by atoms with Crippen LogP contribution < -0.4 is 9.64 Å². The molecule has 316 valence electrons. The number of hydrogen-bond donors (Lipinski definition) is 0. The molecule has 0 fully saturated rings. The van der Waals surface area contributed by atoms with Gasteiger partial charge in [0, 0.05) is 44.4 Å². The summed E-state index contributed by atoms with van der Waals surface area (Å²) in [5.41, 5.74) is 21.3. The van der Waals surface area contributed by atoms with E-state index in [0.29, 0.717) is 0 Å². The molecule has 2 heterocycles. The Morgan fingerprint density at radius 2 is 0.866 bits per heavy atom. The van der Waals surface area contributed by atoms with Gasteiger partial charge in [-0.05, 0) is 127 Å². The summed E-state index contributed by atoms with van der Waals surface area (Å²) in [6, 6.07) is 81.9. The molecule has 3 heteroatoms. The lowest BCUT2D eigenvalue weighted by atomic mass is 9.66. The van der Waals surface area contributed by atoms with Gasteiger partial charge in [0.25, 0.3) is 0 Å². The lowest BCUT2D eigenvalue weighted by Crippen LogP contribution is -2.32. The third-order valence-electron chi connectivity index (χ3n) is 15.0. The number of furan rings is 1. The van der Waals surface area contributed by atoms with E-state index in [1.54, 1.807) is 0 Å². The smallest absolute Gasteiger partial charge is 0.136 e. The minimum Gasteiger partial charge on any atom is -0.457 e. The van der Waals surface area contributed by atoms with Gasteiger partial charge in [0.15, 0.2) is 0 Å². The standard InChI is InChI=1S/C64H43NO2/c1-63(2)52-24-10-6-19-45(52)48-35-32-42(38-56(48)63)65(41-31-34-44(51(37-41)40-17-4-3-5-18-40)49-23-16-30-61-62(49)50-22-9-14-28-58(50)66-61)43-33-36-60-57(39-43)64(55-27-13-15-29-59(55)67-60)53-25-11-7-20-46(53)47-21-8-12-26-54(47)64/h3-39H,1-2H3. The number of anilines is 3. The average molecular weight is 858 g/mol. The Hall–Kier alpha value is -8.40. The van der Waals surface area contributed by atoms with Crippen molar-refractivity contribution in [3.8, 4) is 56.0 Å². The zero-order valence-electron chi connectivity index (χ0n) is 37.1. The molecule has 0 N–H and O–H groups in total. The summed E-state index contributed by atoms with van der Waals surface area (Å²) in [5, 5.41) is 2.24. The van der Waals surface area contributed by atoms with Crippen molar-refractivity contribution < 1.29 is 9.15 Å². The number of hydrogen-bond acceptors (Lipinski definition) is 3. The van der Waals surface area contributed by atoms with Crippen molar-refractivity contribution in [1.29, 1.82) is 0 Å². The molecule has 0 unspecified atom stereocenters. The van der Waals surface area contributed by atoms with Crippen LogP contribution in [0.3, 0.4) is 0 Å². The molecule has 2 aliphatic carbocycles. The van der Waals surface area contributed by atoms with Crippen LogP contribution in [0, 0.1) is 0 Å². The van der Waals surface area contributed by atoms with Crippen molar-refractivity contribution in [3.05, 3.63) is 258 Å². The molecule has 0 saturated heterocycles. The van der Waals surface area contributed by atoms with Crippen molar-refractivity contribution in [2.45, 2.75) is 24.7 Å². The maximum atomic E-state index is 6.94. The van der Waals surface area contributed by atoms with Crippen LogP contribution in [0.15, 0.2) is 229 Å². The maximum absolute atomic E-state index is 6.94. The minimum absolute atomic E-state index is 0.187. The van der Waals surface area contributed by atoms with Crippen LogP contribution in [0.5, 0.6) is 11.5 Å². The molecule has 3 nitrogen and oxygen atoms in total. The summed E-state index contributed by atoms with van der Waals surface area (Å²) in [6.45, 7) is 4.72. The van der Waals surface area contributed by atoms with Gasteiger partial charge >= 0.3 is 0 Å². The molecule has 10 aromatic carbocycles. The van der Waals surface area contributed by atoms with Crippen molar-refractivity contribution in [1.82, 2.24) is 0 Å². The summed E-state index contributed by atoms with van der Waals surface area (Å²) in [4.78, 5) is 2.46. The number of rotatable bonds is 5. The van der Waals surface area contributed by atoms with Gasteiger partial charge in [-0.25, -0.2) is 0 Å². The third-order valence-corrected chi connectivity index (χ3v) is 15.0. The van der Waals surface area contributed by atoms with E-state index in [1.807, 2.05) is 6.07 Å². The fourth-order valence-corrected chi connectivity index (χ4v) is 12.0. The van der Waals surface area contributed by atoms with Gasteiger partial charge in [-0.1, -0.05) is 178 Å². The van der Waals surface area contributed by atoms with Crippen LogP contribution in [0.1, 0.15) is 47.2 Å². The van der Waals surface area contributed by atoms with E-state index in [4.69, 9.17) is 9.15 Å². The molecular weight excluding hydrogens is 815 g/mol. The van der Waals surface area contributed by atoms with E-state index in [0.717, 1.165) is 83.9 Å². The van der Waals surface area contributed by atoms with Gasteiger partial charge in [-0.2, -0.15) is 0 Å². The number of nitrogens with zero attached hydrogens (tertiary/aromatic N) is 1. The van der Waals surface area contributed by atoms with Crippen molar-refractivity contribution in [3.63, 3.8) is 0 Å². The first kappa shape index (κ1) is 37.9. The normalized spacial score (nSPS) is 14.2. The predicted molar refractivity (Wildman–Crippen MR) is 274 cm³/mol. The largest absolute Gasteiger partial charge is 0.457 e. The summed E-state index contributed by atoms with van der Waals surface area (Å²) < 4.78 is 13.4. The van der Waals surface area contributed by atoms with Gasteiger partial charge in [0.2, 0.25) is 0 Å². The summed E-state index contributed by atoms with van der Waals surface area (Å²) in [7, 11) is 0. The Morgan fingerprint density at radius 1 is 0.343 bits per heavy atom. The van der Waals surface area contributed by atoms with Crippen molar-refractivity contribution in [2.24, 2.45) is 0 Å². The Labute approximate surface area is 389 Å². The van der Waals surface area contributed by atoms with Gasteiger partial charge in [-0.3, -0.25) is 0 Å². The molecule has 67 heavy (non-hydrogen) atoms. The number of para-hydroxylation sites is 2. The van der Waals surface area contributed by atoms with Crippen molar-refractivity contribution >= 4 is 39.0 Å². The quantitative estimate of drug-likeness (QED) is 0.172. The molecule has 0 amide bonds. The number of ether oxygens (including phenoxy) is 1. The molecule has 0 radical (unpaired) electrons. The zero-order valence-corrected chi connectivity index (χ0v) is 37.1. The van der Waals surface area contributed by atoms with E-state index in [1.165, 1.54) is 44.5 Å². The van der Waals surface area contributed by atoms with Crippen LogP contribution in [0.2, 0.25) is 0 Å². The Balaban J connectivity index is 1.04. The maximum Gasteiger partial charge on any atom is 0.136 e.